The van der Waals surface area contributed by atoms with Gasteiger partial charge in [-0.1, -0.05) is 36.1 Å². The van der Waals surface area contributed by atoms with Crippen molar-refractivity contribution in [3.05, 3.63) is 108 Å². The average Bonchev–Trinajstić information content (AvgIpc) is 3.32. The second-order valence-electron chi connectivity index (χ2n) is 6.51. The number of carbonyl (C=O) groups excluding carboxylic acids is 1. The molecule has 4 rings (SSSR count). The summed E-state index contributed by atoms with van der Waals surface area (Å²) in [5.41, 5.74) is 2.94. The van der Waals surface area contributed by atoms with Gasteiger partial charge in [0.15, 0.2) is 11.4 Å². The molecule has 0 amide bonds. The summed E-state index contributed by atoms with van der Waals surface area (Å²) in [7, 11) is 0. The summed E-state index contributed by atoms with van der Waals surface area (Å²) in [6, 6.07) is 18.4. The lowest BCUT2D eigenvalue weighted by atomic mass is 9.90. The van der Waals surface area contributed by atoms with Gasteiger partial charge in [-0.05, 0) is 49.4 Å². The Morgan fingerprint density at radius 3 is 2.47 bits per heavy atom. The minimum absolute atomic E-state index is 0.264. The number of H-pyrrole nitrogens is 1. The largest absolute Gasteiger partial charge is 0.486 e. The number of hydrogen-bond donors (Lipinski definition) is 1. The van der Waals surface area contributed by atoms with E-state index in [1.807, 2.05) is 61.5 Å². The first-order valence-electron chi connectivity index (χ1n) is 9.54. The van der Waals surface area contributed by atoms with E-state index in [0.717, 1.165) is 11.3 Å². The van der Waals surface area contributed by atoms with E-state index in [1.54, 1.807) is 24.3 Å². The fourth-order valence-corrected chi connectivity index (χ4v) is 3.01. The van der Waals surface area contributed by atoms with E-state index >= 15 is 0 Å². The normalized spacial score (nSPS) is 17.3. The molecular weight excluding hydrogens is 380 g/mol. The van der Waals surface area contributed by atoms with Gasteiger partial charge in [-0.15, -0.1) is 0 Å². The molecule has 30 heavy (non-hydrogen) atoms. The van der Waals surface area contributed by atoms with E-state index in [9.17, 15) is 4.79 Å². The number of ether oxygens (including phenoxy) is 3. The van der Waals surface area contributed by atoms with Crippen LogP contribution in [-0.2, 0) is 15.1 Å². The second kappa shape index (κ2) is 8.55. The molecular formula is C24H20N2O4. The molecule has 3 aromatic rings. The number of esters is 1. The number of para-hydroxylation sites is 1. The summed E-state index contributed by atoms with van der Waals surface area (Å²) < 4.78 is 17.2. The molecule has 1 aromatic heterocycles. The van der Waals surface area contributed by atoms with E-state index < -0.39 is 11.6 Å². The smallest absolute Gasteiger partial charge is 0.357 e. The Balaban J connectivity index is 1.64. The number of hydrogen-bond acceptors (Lipinski definition) is 5. The zero-order valence-corrected chi connectivity index (χ0v) is 16.4. The van der Waals surface area contributed by atoms with Crippen molar-refractivity contribution in [3.63, 3.8) is 0 Å². The van der Waals surface area contributed by atoms with Crippen LogP contribution in [0.15, 0.2) is 96.6 Å². The van der Waals surface area contributed by atoms with Crippen molar-refractivity contribution in [3.8, 4) is 11.5 Å². The molecule has 1 aliphatic rings. The van der Waals surface area contributed by atoms with Crippen LogP contribution in [0.3, 0.4) is 0 Å². The van der Waals surface area contributed by atoms with E-state index in [0.29, 0.717) is 18.1 Å². The van der Waals surface area contributed by atoms with Gasteiger partial charge in [0.05, 0.1) is 6.61 Å². The summed E-state index contributed by atoms with van der Waals surface area (Å²) in [6.07, 6.45) is 6.70. The maximum absolute atomic E-state index is 12.6. The van der Waals surface area contributed by atoms with Crippen molar-refractivity contribution in [2.45, 2.75) is 12.5 Å². The lowest BCUT2D eigenvalue weighted by Crippen LogP contribution is -2.29. The van der Waals surface area contributed by atoms with Crippen LogP contribution >= 0.6 is 0 Å². The van der Waals surface area contributed by atoms with Gasteiger partial charge in [-0.3, -0.25) is 5.10 Å². The number of nitrogens with one attached hydrogen (secondary N) is 1. The van der Waals surface area contributed by atoms with Gasteiger partial charge >= 0.3 is 5.97 Å². The lowest BCUT2D eigenvalue weighted by molar-refractivity contribution is 0.0181. The zero-order valence-electron chi connectivity index (χ0n) is 16.4. The molecule has 1 N–H and O–H groups in total. The van der Waals surface area contributed by atoms with Gasteiger partial charge in [-0.2, -0.15) is 5.10 Å². The molecule has 0 aliphatic heterocycles. The molecule has 1 aliphatic carbocycles. The van der Waals surface area contributed by atoms with E-state index in [2.05, 4.69) is 15.9 Å². The number of nitrogens with zero attached hydrogens (tertiary/aromatic N) is 1. The maximum Gasteiger partial charge on any atom is 0.357 e. The summed E-state index contributed by atoms with van der Waals surface area (Å²) in [5, 5.41) is 6.44. The third kappa shape index (κ3) is 4.19. The minimum Gasteiger partial charge on any atom is -0.486 e. The lowest BCUT2D eigenvalue weighted by Gasteiger charge is -2.28. The number of carbonyl (C=O) groups is 1. The Morgan fingerprint density at radius 2 is 1.83 bits per heavy atom. The van der Waals surface area contributed by atoms with Crippen LogP contribution in [0.5, 0.6) is 11.5 Å². The molecule has 0 fully saturated rings. The Bertz CT molecular complexity index is 1100. The summed E-state index contributed by atoms with van der Waals surface area (Å²) in [4.78, 5) is 12.6. The van der Waals surface area contributed by atoms with Crippen molar-refractivity contribution in [1.29, 1.82) is 0 Å². The molecule has 2 aromatic carbocycles. The summed E-state index contributed by atoms with van der Waals surface area (Å²) >= 11 is 0. The van der Waals surface area contributed by atoms with Gasteiger partial charge < -0.3 is 14.2 Å². The molecule has 0 saturated carbocycles. The molecule has 6 heteroatoms. The average molecular weight is 400 g/mol. The Hall–Kier alpha value is -4.02. The van der Waals surface area contributed by atoms with Gasteiger partial charge in [0.2, 0.25) is 0 Å². The highest BCUT2D eigenvalue weighted by molar-refractivity contribution is 5.87. The summed E-state index contributed by atoms with van der Waals surface area (Å²) in [5.74, 6) is 1.47. The molecule has 6 nitrogen and oxygen atoms in total. The topological polar surface area (TPSA) is 73.4 Å². The maximum atomic E-state index is 12.6. The van der Waals surface area contributed by atoms with Gasteiger partial charge in [0, 0.05) is 17.8 Å². The number of aromatic amines is 1. The van der Waals surface area contributed by atoms with Crippen molar-refractivity contribution < 1.29 is 19.0 Å². The zero-order chi connectivity index (χ0) is 20.8. The van der Waals surface area contributed by atoms with Crippen LogP contribution in [0, 0.1) is 0 Å². The molecule has 1 atom stereocenters. The van der Waals surface area contributed by atoms with Crippen LogP contribution in [0.4, 0.5) is 0 Å². The van der Waals surface area contributed by atoms with Crippen molar-refractivity contribution in [2.24, 2.45) is 0 Å². The molecule has 0 radical (unpaired) electrons. The Morgan fingerprint density at radius 1 is 1.07 bits per heavy atom. The number of benzene rings is 2. The fraction of sp³-hybridized carbons (Fsp3) is 0.125. The monoisotopic (exact) mass is 400 g/mol. The Kier molecular flexibility index (Phi) is 5.50. The third-order valence-electron chi connectivity index (χ3n) is 4.48. The first-order chi connectivity index (χ1) is 14.7. The van der Waals surface area contributed by atoms with Gasteiger partial charge in [-0.25, -0.2) is 4.79 Å². The molecule has 1 unspecified atom stereocenters. The van der Waals surface area contributed by atoms with Crippen molar-refractivity contribution in [1.82, 2.24) is 10.2 Å². The Labute approximate surface area is 174 Å². The predicted octanol–water partition coefficient (Wildman–Crippen LogP) is 4.90. The third-order valence-corrected chi connectivity index (χ3v) is 4.48. The first kappa shape index (κ1) is 19.3. The van der Waals surface area contributed by atoms with E-state index in [1.165, 1.54) is 6.20 Å². The van der Waals surface area contributed by atoms with Crippen molar-refractivity contribution in [2.75, 3.05) is 6.61 Å². The first-order valence-corrected chi connectivity index (χ1v) is 9.54. The quantitative estimate of drug-likeness (QED) is 0.451. The van der Waals surface area contributed by atoms with Crippen LogP contribution in [0.25, 0.3) is 0 Å². The van der Waals surface area contributed by atoms with Gasteiger partial charge in [0.1, 0.15) is 17.2 Å². The highest BCUT2D eigenvalue weighted by Gasteiger charge is 2.34. The molecule has 0 saturated heterocycles. The highest BCUT2D eigenvalue weighted by atomic mass is 16.6. The second-order valence-corrected chi connectivity index (χ2v) is 6.51. The summed E-state index contributed by atoms with van der Waals surface area (Å²) in [6.45, 7) is 2.42. The van der Waals surface area contributed by atoms with Crippen LogP contribution in [0.2, 0.25) is 0 Å². The van der Waals surface area contributed by atoms with E-state index in [4.69, 9.17) is 14.2 Å². The number of aromatic nitrogens is 2. The van der Waals surface area contributed by atoms with Crippen LogP contribution < -0.4 is 4.74 Å². The minimum atomic E-state index is -1.13. The standard InChI is InChI=1S/C24H20N2O4/c1-2-28-19-12-15-24(16-13-19,30-23(27)22-14-17-25-26-22)18-8-10-21(11-9-18)29-20-6-4-3-5-7-20/h3-12,14-17H,2H2,1H3,(H,25,26). The van der Waals surface area contributed by atoms with Crippen LogP contribution in [0.1, 0.15) is 23.0 Å². The molecule has 1 heterocycles. The van der Waals surface area contributed by atoms with Crippen molar-refractivity contribution >= 4 is 5.97 Å². The highest BCUT2D eigenvalue weighted by Crippen LogP contribution is 2.34. The van der Waals surface area contributed by atoms with E-state index in [-0.39, 0.29) is 5.69 Å². The molecule has 0 bridgehead atoms. The fourth-order valence-electron chi connectivity index (χ4n) is 3.01. The molecule has 0 spiro atoms. The predicted molar refractivity (Wildman–Crippen MR) is 111 cm³/mol. The SMILES string of the molecule is CCOC1=C=CC(OC(=O)c2ccn[nH]2)(c2ccc(Oc3ccccc3)cc2)C=C1. The van der Waals surface area contributed by atoms with Gasteiger partial charge in [0.25, 0.3) is 0 Å². The molecule has 150 valence electrons. The van der Waals surface area contributed by atoms with Crippen LogP contribution in [-0.4, -0.2) is 22.8 Å². The number of rotatable bonds is 7.